The third-order valence-corrected chi connectivity index (χ3v) is 4.60. The van der Waals surface area contributed by atoms with Crippen LogP contribution >= 0.6 is 0 Å². The van der Waals surface area contributed by atoms with Gasteiger partial charge in [0.05, 0.1) is 19.3 Å². The van der Waals surface area contributed by atoms with E-state index in [2.05, 4.69) is 29.1 Å². The van der Waals surface area contributed by atoms with E-state index >= 15 is 0 Å². The van der Waals surface area contributed by atoms with E-state index in [4.69, 9.17) is 9.47 Å². The van der Waals surface area contributed by atoms with Crippen LogP contribution in [0, 0.1) is 0 Å². The highest BCUT2D eigenvalue weighted by molar-refractivity contribution is 5.78. The maximum Gasteiger partial charge on any atom is 0.249 e. The maximum atomic E-state index is 12.7. The Morgan fingerprint density at radius 2 is 2.24 bits per heavy atom. The van der Waals surface area contributed by atoms with Crippen molar-refractivity contribution in [2.24, 2.45) is 0 Å². The molecular formula is C18H28N4O3. The summed E-state index contributed by atoms with van der Waals surface area (Å²) < 4.78 is 11.4. The molecule has 0 radical (unpaired) electrons. The first kappa shape index (κ1) is 18.1. The Hall–Kier alpha value is -1.73. The van der Waals surface area contributed by atoms with E-state index in [1.165, 1.54) is 12.8 Å². The molecular weight excluding hydrogens is 320 g/mol. The second kappa shape index (κ2) is 8.58. The number of ether oxygens (including phenoxy) is 2. The molecule has 2 aliphatic rings. The summed E-state index contributed by atoms with van der Waals surface area (Å²) in [6.07, 6.45) is 6.47. The SMILES string of the molecule is CC(C)Nc1ccnc(C2COCCN2C(=O)COC2CCCC2)n1. The highest BCUT2D eigenvalue weighted by Crippen LogP contribution is 2.24. The average molecular weight is 348 g/mol. The molecule has 1 aromatic heterocycles. The minimum atomic E-state index is -0.262. The van der Waals surface area contributed by atoms with Crippen molar-refractivity contribution in [2.75, 3.05) is 31.7 Å². The first-order chi connectivity index (χ1) is 12.1. The van der Waals surface area contributed by atoms with Crippen LogP contribution in [0.25, 0.3) is 0 Å². The van der Waals surface area contributed by atoms with Gasteiger partial charge in [-0.05, 0) is 32.8 Å². The number of aromatic nitrogens is 2. The molecule has 1 aromatic rings. The normalized spacial score (nSPS) is 21.7. The number of nitrogens with zero attached hydrogens (tertiary/aromatic N) is 3. The molecule has 1 unspecified atom stereocenters. The highest BCUT2D eigenvalue weighted by Gasteiger charge is 2.31. The monoisotopic (exact) mass is 348 g/mol. The summed E-state index contributed by atoms with van der Waals surface area (Å²) in [5.41, 5.74) is 0. The van der Waals surface area contributed by atoms with Crippen molar-refractivity contribution in [2.45, 2.75) is 57.7 Å². The van der Waals surface area contributed by atoms with Crippen molar-refractivity contribution in [3.63, 3.8) is 0 Å². The summed E-state index contributed by atoms with van der Waals surface area (Å²) in [5, 5.41) is 3.27. The molecule has 1 saturated heterocycles. The van der Waals surface area contributed by atoms with E-state index in [1.807, 2.05) is 6.07 Å². The molecule has 3 rings (SSSR count). The minimum absolute atomic E-state index is 0.00831. The Balaban J connectivity index is 1.66. The number of morpholine rings is 1. The van der Waals surface area contributed by atoms with E-state index < -0.39 is 0 Å². The Kier molecular flexibility index (Phi) is 6.20. The summed E-state index contributed by atoms with van der Waals surface area (Å²) in [7, 11) is 0. The summed E-state index contributed by atoms with van der Waals surface area (Å²) in [6.45, 7) is 5.74. The molecule has 0 bridgehead atoms. The fourth-order valence-electron chi connectivity index (χ4n) is 3.35. The second-order valence-corrected chi connectivity index (χ2v) is 6.99. The quantitative estimate of drug-likeness (QED) is 0.849. The molecule has 1 atom stereocenters. The van der Waals surface area contributed by atoms with Crippen LogP contribution in [0.1, 0.15) is 51.4 Å². The summed E-state index contributed by atoms with van der Waals surface area (Å²) in [4.78, 5) is 23.4. The van der Waals surface area contributed by atoms with Crippen molar-refractivity contribution in [3.8, 4) is 0 Å². The van der Waals surface area contributed by atoms with Gasteiger partial charge in [-0.2, -0.15) is 0 Å². The average Bonchev–Trinajstić information content (AvgIpc) is 3.13. The van der Waals surface area contributed by atoms with Gasteiger partial charge >= 0.3 is 0 Å². The largest absolute Gasteiger partial charge is 0.377 e. The van der Waals surface area contributed by atoms with E-state index in [0.29, 0.717) is 25.6 Å². The molecule has 25 heavy (non-hydrogen) atoms. The number of anilines is 1. The second-order valence-electron chi connectivity index (χ2n) is 6.99. The molecule has 0 aromatic carbocycles. The molecule has 2 heterocycles. The third kappa shape index (κ3) is 4.89. The molecule has 1 amide bonds. The van der Waals surface area contributed by atoms with Crippen molar-refractivity contribution >= 4 is 11.7 Å². The van der Waals surface area contributed by atoms with Crippen LogP contribution in [0.15, 0.2) is 12.3 Å². The first-order valence-electron chi connectivity index (χ1n) is 9.22. The van der Waals surface area contributed by atoms with Gasteiger partial charge in [-0.1, -0.05) is 12.8 Å². The van der Waals surface area contributed by atoms with Gasteiger partial charge in [0.15, 0.2) is 5.82 Å². The van der Waals surface area contributed by atoms with Crippen molar-refractivity contribution in [3.05, 3.63) is 18.1 Å². The van der Waals surface area contributed by atoms with Crippen LogP contribution in [0.4, 0.5) is 5.82 Å². The lowest BCUT2D eigenvalue weighted by molar-refractivity contribution is -0.147. The zero-order chi connectivity index (χ0) is 17.6. The lowest BCUT2D eigenvalue weighted by atomic mass is 10.2. The number of hydrogen-bond donors (Lipinski definition) is 1. The lowest BCUT2D eigenvalue weighted by Gasteiger charge is -2.34. The molecule has 1 aliphatic carbocycles. The molecule has 1 saturated carbocycles. The molecule has 0 spiro atoms. The van der Waals surface area contributed by atoms with E-state index in [-0.39, 0.29) is 30.7 Å². The Labute approximate surface area is 149 Å². The molecule has 7 heteroatoms. The van der Waals surface area contributed by atoms with Gasteiger partial charge < -0.3 is 19.7 Å². The zero-order valence-electron chi connectivity index (χ0n) is 15.1. The van der Waals surface area contributed by atoms with Crippen LogP contribution in [-0.4, -0.2) is 59.3 Å². The minimum Gasteiger partial charge on any atom is -0.377 e. The number of carbonyl (C=O) groups excluding carboxylic acids is 1. The summed E-state index contributed by atoms with van der Waals surface area (Å²) >= 11 is 0. The molecule has 1 aliphatic heterocycles. The van der Waals surface area contributed by atoms with Crippen LogP contribution < -0.4 is 5.32 Å². The fourth-order valence-corrected chi connectivity index (χ4v) is 3.35. The van der Waals surface area contributed by atoms with Crippen molar-refractivity contribution < 1.29 is 14.3 Å². The van der Waals surface area contributed by atoms with Gasteiger partial charge in [-0.3, -0.25) is 4.79 Å². The van der Waals surface area contributed by atoms with E-state index in [1.54, 1.807) is 11.1 Å². The lowest BCUT2D eigenvalue weighted by Crippen LogP contribution is -2.45. The molecule has 7 nitrogen and oxygen atoms in total. The van der Waals surface area contributed by atoms with Crippen LogP contribution in [-0.2, 0) is 14.3 Å². The number of nitrogens with one attached hydrogen (secondary N) is 1. The van der Waals surface area contributed by atoms with Crippen LogP contribution in [0.2, 0.25) is 0 Å². The summed E-state index contributed by atoms with van der Waals surface area (Å²) in [5.74, 6) is 1.37. The van der Waals surface area contributed by atoms with E-state index in [0.717, 1.165) is 18.7 Å². The molecule has 1 N–H and O–H groups in total. The third-order valence-electron chi connectivity index (χ3n) is 4.60. The number of amides is 1. The van der Waals surface area contributed by atoms with Crippen molar-refractivity contribution in [1.29, 1.82) is 0 Å². The van der Waals surface area contributed by atoms with Crippen LogP contribution in [0.5, 0.6) is 0 Å². The number of hydrogen-bond acceptors (Lipinski definition) is 6. The van der Waals surface area contributed by atoms with Gasteiger partial charge in [-0.25, -0.2) is 9.97 Å². The van der Waals surface area contributed by atoms with Crippen molar-refractivity contribution in [1.82, 2.24) is 14.9 Å². The van der Waals surface area contributed by atoms with Gasteiger partial charge in [0.2, 0.25) is 5.91 Å². The predicted octanol–water partition coefficient (Wildman–Crippen LogP) is 2.16. The molecule has 138 valence electrons. The maximum absolute atomic E-state index is 12.7. The summed E-state index contributed by atoms with van der Waals surface area (Å²) in [6, 6.07) is 1.85. The first-order valence-corrected chi connectivity index (χ1v) is 9.22. The van der Waals surface area contributed by atoms with Gasteiger partial charge in [0.1, 0.15) is 18.5 Å². The Morgan fingerprint density at radius 3 is 3.00 bits per heavy atom. The number of carbonyl (C=O) groups is 1. The van der Waals surface area contributed by atoms with E-state index in [9.17, 15) is 4.79 Å². The van der Waals surface area contributed by atoms with Gasteiger partial charge in [0, 0.05) is 18.8 Å². The van der Waals surface area contributed by atoms with Crippen LogP contribution in [0.3, 0.4) is 0 Å². The topological polar surface area (TPSA) is 76.6 Å². The highest BCUT2D eigenvalue weighted by atomic mass is 16.5. The Bertz CT molecular complexity index is 575. The standard InChI is InChI=1S/C18H28N4O3/c1-13(2)20-16-7-8-19-18(21-16)15-11-24-10-9-22(15)17(23)12-25-14-5-3-4-6-14/h7-8,13-15H,3-6,9-12H2,1-2H3,(H,19,20,21). The fraction of sp³-hybridized carbons (Fsp3) is 0.722. The van der Waals surface area contributed by atoms with Gasteiger partial charge in [-0.15, -0.1) is 0 Å². The number of rotatable bonds is 6. The predicted molar refractivity (Wildman–Crippen MR) is 94.3 cm³/mol. The Morgan fingerprint density at radius 1 is 1.44 bits per heavy atom. The molecule has 2 fully saturated rings. The smallest absolute Gasteiger partial charge is 0.249 e. The van der Waals surface area contributed by atoms with Gasteiger partial charge in [0.25, 0.3) is 0 Å². The zero-order valence-corrected chi connectivity index (χ0v) is 15.1.